The highest BCUT2D eigenvalue weighted by Crippen LogP contribution is 2.39. The SMILES string of the molecule is O=C(N[C@@H]1COC[C@H]1Cc1ccncc1)c1ccc(-c2noc(C3CC3)n2)cc1. The number of aromatic nitrogens is 3. The van der Waals surface area contributed by atoms with Crippen molar-refractivity contribution < 1.29 is 14.1 Å². The van der Waals surface area contributed by atoms with E-state index >= 15 is 0 Å². The van der Waals surface area contributed by atoms with Gasteiger partial charge in [0.15, 0.2) is 0 Å². The van der Waals surface area contributed by atoms with Crippen LogP contribution in [0.4, 0.5) is 0 Å². The van der Waals surface area contributed by atoms with Crippen molar-refractivity contribution in [2.24, 2.45) is 5.92 Å². The molecule has 3 aromatic rings. The van der Waals surface area contributed by atoms with Crippen molar-refractivity contribution in [3.05, 3.63) is 65.8 Å². The van der Waals surface area contributed by atoms with Gasteiger partial charge in [-0.2, -0.15) is 4.98 Å². The van der Waals surface area contributed by atoms with Gasteiger partial charge in [0.2, 0.25) is 11.7 Å². The van der Waals surface area contributed by atoms with Gasteiger partial charge in [0.05, 0.1) is 19.3 Å². The third-order valence-corrected chi connectivity index (χ3v) is 5.54. The number of carbonyl (C=O) groups excluding carboxylic acids is 1. The topological polar surface area (TPSA) is 90.1 Å². The van der Waals surface area contributed by atoms with Crippen LogP contribution in [-0.4, -0.2) is 40.3 Å². The zero-order valence-corrected chi connectivity index (χ0v) is 16.0. The van der Waals surface area contributed by atoms with Crippen molar-refractivity contribution in [3.8, 4) is 11.4 Å². The van der Waals surface area contributed by atoms with Crippen molar-refractivity contribution in [3.63, 3.8) is 0 Å². The van der Waals surface area contributed by atoms with E-state index in [9.17, 15) is 4.79 Å². The molecule has 2 fully saturated rings. The molecule has 7 nitrogen and oxygen atoms in total. The molecule has 2 aromatic heterocycles. The highest BCUT2D eigenvalue weighted by atomic mass is 16.5. The van der Waals surface area contributed by atoms with E-state index < -0.39 is 0 Å². The molecule has 29 heavy (non-hydrogen) atoms. The number of nitrogens with zero attached hydrogens (tertiary/aromatic N) is 3. The summed E-state index contributed by atoms with van der Waals surface area (Å²) >= 11 is 0. The Morgan fingerprint density at radius 2 is 1.86 bits per heavy atom. The van der Waals surface area contributed by atoms with Gasteiger partial charge in [-0.25, -0.2) is 0 Å². The second kappa shape index (κ2) is 7.75. The van der Waals surface area contributed by atoms with Gasteiger partial charge >= 0.3 is 0 Å². The number of carbonyl (C=O) groups is 1. The summed E-state index contributed by atoms with van der Waals surface area (Å²) in [4.78, 5) is 21.2. The lowest BCUT2D eigenvalue weighted by molar-refractivity contribution is 0.0925. The molecular weight excluding hydrogens is 368 g/mol. The second-order valence-corrected chi connectivity index (χ2v) is 7.74. The molecule has 148 valence electrons. The monoisotopic (exact) mass is 390 g/mol. The number of pyridine rings is 1. The largest absolute Gasteiger partial charge is 0.379 e. The number of amides is 1. The summed E-state index contributed by atoms with van der Waals surface area (Å²) in [6.07, 6.45) is 6.67. The molecule has 0 unspecified atom stereocenters. The molecule has 1 aliphatic heterocycles. The standard InChI is InChI=1S/C22H22N4O3/c27-21(24-19-13-28-12-18(19)11-14-7-9-23-10-8-14)16-3-1-15(2-4-16)20-25-22(29-26-20)17-5-6-17/h1-4,7-10,17-19H,5-6,11-13H2,(H,24,27)/t18-,19-/m1/s1. The molecule has 1 amide bonds. The molecule has 5 rings (SSSR count). The lowest BCUT2D eigenvalue weighted by Crippen LogP contribution is -2.40. The van der Waals surface area contributed by atoms with Crippen molar-refractivity contribution in [2.45, 2.75) is 31.2 Å². The summed E-state index contributed by atoms with van der Waals surface area (Å²) in [6.45, 7) is 1.18. The van der Waals surface area contributed by atoms with Crippen LogP contribution in [0.5, 0.6) is 0 Å². The summed E-state index contributed by atoms with van der Waals surface area (Å²) in [5, 5.41) is 7.17. The Kier molecular flexibility index (Phi) is 4.81. The maximum absolute atomic E-state index is 12.7. The fraction of sp³-hybridized carbons (Fsp3) is 0.364. The van der Waals surface area contributed by atoms with Crippen LogP contribution in [-0.2, 0) is 11.2 Å². The predicted octanol–water partition coefficient (Wildman–Crippen LogP) is 3.00. The van der Waals surface area contributed by atoms with Crippen molar-refractivity contribution in [1.29, 1.82) is 0 Å². The minimum absolute atomic E-state index is 0.00588. The molecule has 2 aliphatic rings. The molecule has 1 aliphatic carbocycles. The maximum atomic E-state index is 12.7. The molecule has 1 N–H and O–H groups in total. The van der Waals surface area contributed by atoms with Crippen molar-refractivity contribution in [2.75, 3.05) is 13.2 Å². The van der Waals surface area contributed by atoms with E-state index in [1.807, 2.05) is 24.3 Å². The smallest absolute Gasteiger partial charge is 0.251 e. The molecule has 3 heterocycles. The third-order valence-electron chi connectivity index (χ3n) is 5.54. The highest BCUT2D eigenvalue weighted by Gasteiger charge is 2.31. The summed E-state index contributed by atoms with van der Waals surface area (Å²) in [5.41, 5.74) is 2.65. The minimum atomic E-state index is -0.0986. The molecule has 7 heteroatoms. The van der Waals surface area contributed by atoms with Crippen molar-refractivity contribution >= 4 is 5.91 Å². The number of rotatable bonds is 6. The molecule has 1 saturated carbocycles. The van der Waals surface area contributed by atoms with Crippen LogP contribution in [0.15, 0.2) is 53.3 Å². The summed E-state index contributed by atoms with van der Waals surface area (Å²) < 4.78 is 10.9. The average Bonchev–Trinajstić information content (AvgIpc) is 3.33. The van der Waals surface area contributed by atoms with E-state index in [1.165, 1.54) is 5.56 Å². The molecule has 0 bridgehead atoms. The molecule has 1 aromatic carbocycles. The normalized spacial score (nSPS) is 21.2. The number of hydrogen-bond donors (Lipinski definition) is 1. The van der Waals surface area contributed by atoms with Gasteiger partial charge < -0.3 is 14.6 Å². The molecule has 0 spiro atoms. The van der Waals surface area contributed by atoms with Gasteiger partial charge in [-0.1, -0.05) is 17.3 Å². The summed E-state index contributed by atoms with van der Waals surface area (Å²) in [5.74, 6) is 1.86. The van der Waals surface area contributed by atoms with Gasteiger partial charge in [0, 0.05) is 35.4 Å². The molecule has 0 radical (unpaired) electrons. The first-order chi connectivity index (χ1) is 14.3. The second-order valence-electron chi connectivity index (χ2n) is 7.74. The van der Waals surface area contributed by atoms with Crippen LogP contribution in [0.3, 0.4) is 0 Å². The van der Waals surface area contributed by atoms with Gasteiger partial charge in [-0.3, -0.25) is 9.78 Å². The van der Waals surface area contributed by atoms with Crippen LogP contribution >= 0.6 is 0 Å². The molecular formula is C22H22N4O3. The van der Waals surface area contributed by atoms with Crippen LogP contribution in [0.25, 0.3) is 11.4 Å². The first kappa shape index (κ1) is 18.0. The zero-order chi connectivity index (χ0) is 19.6. The van der Waals surface area contributed by atoms with Gasteiger partial charge in [0.1, 0.15) is 0 Å². The Balaban J connectivity index is 1.23. The summed E-state index contributed by atoms with van der Waals surface area (Å²) in [7, 11) is 0. The lowest BCUT2D eigenvalue weighted by Gasteiger charge is -2.19. The Labute approximate surface area is 168 Å². The lowest BCUT2D eigenvalue weighted by atomic mass is 9.95. The molecule has 2 atom stereocenters. The fourth-order valence-corrected chi connectivity index (χ4v) is 3.65. The van der Waals surface area contributed by atoms with E-state index in [0.717, 1.165) is 24.8 Å². The van der Waals surface area contributed by atoms with E-state index in [1.54, 1.807) is 24.5 Å². The van der Waals surface area contributed by atoms with Crippen LogP contribution in [0, 0.1) is 5.92 Å². The van der Waals surface area contributed by atoms with Crippen LogP contribution in [0.2, 0.25) is 0 Å². The number of nitrogens with one attached hydrogen (secondary N) is 1. The number of benzene rings is 1. The Hall–Kier alpha value is -3.06. The first-order valence-corrected chi connectivity index (χ1v) is 9.98. The van der Waals surface area contributed by atoms with Crippen LogP contribution < -0.4 is 5.32 Å². The van der Waals surface area contributed by atoms with Gasteiger partial charge in [-0.15, -0.1) is 0 Å². The highest BCUT2D eigenvalue weighted by molar-refractivity contribution is 5.94. The zero-order valence-electron chi connectivity index (χ0n) is 16.0. The van der Waals surface area contributed by atoms with E-state index in [0.29, 0.717) is 36.4 Å². The van der Waals surface area contributed by atoms with E-state index in [-0.39, 0.29) is 17.9 Å². The first-order valence-electron chi connectivity index (χ1n) is 9.98. The third kappa shape index (κ3) is 4.05. The quantitative estimate of drug-likeness (QED) is 0.696. The fourth-order valence-electron chi connectivity index (χ4n) is 3.65. The minimum Gasteiger partial charge on any atom is -0.379 e. The van der Waals surface area contributed by atoms with Gasteiger partial charge in [0.25, 0.3) is 5.91 Å². The summed E-state index contributed by atoms with van der Waals surface area (Å²) in [6, 6.07) is 11.3. The Bertz CT molecular complexity index is 983. The van der Waals surface area contributed by atoms with E-state index in [2.05, 4.69) is 20.4 Å². The number of hydrogen-bond acceptors (Lipinski definition) is 6. The van der Waals surface area contributed by atoms with Crippen molar-refractivity contribution in [1.82, 2.24) is 20.4 Å². The number of ether oxygens (including phenoxy) is 1. The van der Waals surface area contributed by atoms with Gasteiger partial charge in [-0.05, 0) is 49.1 Å². The Morgan fingerprint density at radius 1 is 1.07 bits per heavy atom. The van der Waals surface area contributed by atoms with E-state index in [4.69, 9.17) is 9.26 Å². The van der Waals surface area contributed by atoms with Crippen LogP contribution in [0.1, 0.15) is 40.6 Å². The Morgan fingerprint density at radius 3 is 2.62 bits per heavy atom. The maximum Gasteiger partial charge on any atom is 0.251 e. The predicted molar refractivity (Wildman–Crippen MR) is 105 cm³/mol. The molecule has 1 saturated heterocycles. The average molecular weight is 390 g/mol.